The minimum Gasteiger partial charge on any atom is -0.434 e. The number of benzene rings is 1. The minimum absolute atomic E-state index is 0. The maximum atomic E-state index is 12.5. The number of carbonyl (C=O) groups is 1. The lowest BCUT2D eigenvalue weighted by atomic mass is 9.96. The zero-order chi connectivity index (χ0) is 20.4. The molecular weight excluding hydrogens is 505 g/mol. The van der Waals surface area contributed by atoms with Crippen molar-refractivity contribution in [3.63, 3.8) is 0 Å². The van der Waals surface area contributed by atoms with Crippen molar-refractivity contribution in [1.82, 2.24) is 16.0 Å². The summed E-state index contributed by atoms with van der Waals surface area (Å²) in [5, 5.41) is 9.36. The van der Waals surface area contributed by atoms with E-state index in [2.05, 4.69) is 25.7 Å². The number of nitrogens with one attached hydrogen (secondary N) is 3. The van der Waals surface area contributed by atoms with E-state index in [1.807, 2.05) is 27.7 Å². The average molecular weight is 533 g/mol. The molecule has 0 aliphatic carbocycles. The van der Waals surface area contributed by atoms with Crippen LogP contribution in [0.25, 0.3) is 0 Å². The number of guanidine groups is 1. The summed E-state index contributed by atoms with van der Waals surface area (Å²) < 4.78 is 29.5. The number of nitrogens with zero attached hydrogens (tertiary/aromatic N) is 1. The molecule has 3 N–H and O–H groups in total. The van der Waals surface area contributed by atoms with Crippen molar-refractivity contribution in [3.8, 4) is 5.75 Å². The average Bonchev–Trinajstić information content (AvgIpc) is 2.57. The molecule has 0 aliphatic heterocycles. The van der Waals surface area contributed by atoms with E-state index in [-0.39, 0.29) is 42.2 Å². The minimum atomic E-state index is -2.92. The highest BCUT2D eigenvalue weighted by atomic mass is 127. The summed E-state index contributed by atoms with van der Waals surface area (Å²) in [5.41, 5.74) is -0.00671. The summed E-state index contributed by atoms with van der Waals surface area (Å²) in [6.45, 7) is 6.11. The Bertz CT molecular complexity index is 655. The van der Waals surface area contributed by atoms with Crippen LogP contribution in [0.4, 0.5) is 8.78 Å². The summed E-state index contributed by atoms with van der Waals surface area (Å²) in [6.07, 6.45) is 0. The molecule has 0 aliphatic rings. The van der Waals surface area contributed by atoms with Crippen molar-refractivity contribution >= 4 is 47.4 Å². The maximum absolute atomic E-state index is 12.5. The quantitative estimate of drug-likeness (QED) is 0.206. The third kappa shape index (κ3) is 10.3. The summed E-state index contributed by atoms with van der Waals surface area (Å²) in [4.78, 5) is 16.2. The van der Waals surface area contributed by atoms with Crippen LogP contribution in [0.1, 0.15) is 33.3 Å². The van der Waals surface area contributed by atoms with Crippen molar-refractivity contribution < 1.29 is 18.3 Å². The summed E-state index contributed by atoms with van der Waals surface area (Å²) >= 11 is 5.94. The second-order valence-electron chi connectivity index (χ2n) is 6.76. The predicted octanol–water partition coefficient (Wildman–Crippen LogP) is 3.78. The lowest BCUT2D eigenvalue weighted by Crippen LogP contribution is -2.43. The third-order valence-corrected chi connectivity index (χ3v) is 3.61. The molecule has 0 spiro atoms. The van der Waals surface area contributed by atoms with E-state index in [0.29, 0.717) is 36.2 Å². The molecule has 6 nitrogen and oxygen atoms in total. The first-order valence-electron chi connectivity index (χ1n) is 8.67. The van der Waals surface area contributed by atoms with Gasteiger partial charge >= 0.3 is 6.61 Å². The van der Waals surface area contributed by atoms with Gasteiger partial charge in [-0.25, -0.2) is 4.99 Å². The standard InChI is InChI=1S/C18H27ClF2N4O2.HI/c1-5-22-17(24-9-8-23-15(26)18(2,3)4)25-11-12-10-13(19)6-7-14(12)27-16(20)21;/h6-7,10,16H,5,8-9,11H2,1-4H3,(H,23,26)(H2,22,24,25);1H. The molecule has 28 heavy (non-hydrogen) atoms. The Morgan fingerprint density at radius 1 is 1.21 bits per heavy atom. The van der Waals surface area contributed by atoms with E-state index >= 15 is 0 Å². The fourth-order valence-corrected chi connectivity index (χ4v) is 2.21. The highest BCUT2D eigenvalue weighted by Gasteiger charge is 2.20. The molecule has 0 aromatic heterocycles. The van der Waals surface area contributed by atoms with E-state index in [1.165, 1.54) is 18.2 Å². The molecule has 0 unspecified atom stereocenters. The van der Waals surface area contributed by atoms with Crippen molar-refractivity contribution in [3.05, 3.63) is 28.8 Å². The monoisotopic (exact) mass is 532 g/mol. The Hall–Kier alpha value is -1.36. The number of hydrogen-bond donors (Lipinski definition) is 3. The van der Waals surface area contributed by atoms with Gasteiger partial charge in [-0.3, -0.25) is 4.79 Å². The van der Waals surface area contributed by atoms with E-state index in [4.69, 9.17) is 11.6 Å². The van der Waals surface area contributed by atoms with Gasteiger partial charge in [0.05, 0.1) is 6.54 Å². The van der Waals surface area contributed by atoms with E-state index in [1.54, 1.807) is 0 Å². The molecule has 1 aromatic carbocycles. The number of aliphatic imine (C=N–C) groups is 1. The molecule has 160 valence electrons. The molecule has 1 amide bonds. The molecule has 0 saturated carbocycles. The molecule has 0 bridgehead atoms. The molecule has 0 atom stereocenters. The highest BCUT2D eigenvalue weighted by molar-refractivity contribution is 14.0. The first-order valence-corrected chi connectivity index (χ1v) is 9.05. The molecular formula is C18H28ClF2IN4O2. The van der Waals surface area contributed by atoms with Crippen molar-refractivity contribution in [2.75, 3.05) is 19.6 Å². The largest absolute Gasteiger partial charge is 0.434 e. The number of carbonyl (C=O) groups excluding carboxylic acids is 1. The second kappa shape index (κ2) is 13.0. The summed E-state index contributed by atoms with van der Waals surface area (Å²) in [7, 11) is 0. The number of hydrogen-bond acceptors (Lipinski definition) is 3. The van der Waals surface area contributed by atoms with Gasteiger partial charge in [0.1, 0.15) is 5.75 Å². The van der Waals surface area contributed by atoms with E-state index < -0.39 is 12.0 Å². The molecule has 0 radical (unpaired) electrons. The smallest absolute Gasteiger partial charge is 0.387 e. The van der Waals surface area contributed by atoms with Gasteiger partial charge in [-0.15, -0.1) is 24.0 Å². The highest BCUT2D eigenvalue weighted by Crippen LogP contribution is 2.25. The van der Waals surface area contributed by atoms with Gasteiger partial charge in [0.15, 0.2) is 5.96 Å². The van der Waals surface area contributed by atoms with Crippen molar-refractivity contribution in [2.45, 2.75) is 40.9 Å². The fraction of sp³-hybridized carbons (Fsp3) is 0.556. The Balaban J connectivity index is 0.00000729. The number of ether oxygens (including phenoxy) is 1. The molecule has 1 rings (SSSR count). The van der Waals surface area contributed by atoms with Crippen LogP contribution in [-0.4, -0.2) is 38.1 Å². The zero-order valence-electron chi connectivity index (χ0n) is 16.4. The fourth-order valence-electron chi connectivity index (χ4n) is 2.01. The van der Waals surface area contributed by atoms with Gasteiger partial charge < -0.3 is 20.7 Å². The van der Waals surface area contributed by atoms with Crippen LogP contribution < -0.4 is 20.7 Å². The van der Waals surface area contributed by atoms with Crippen LogP contribution >= 0.6 is 35.6 Å². The topological polar surface area (TPSA) is 74.8 Å². The van der Waals surface area contributed by atoms with Crippen LogP contribution in [0.2, 0.25) is 5.02 Å². The lowest BCUT2D eigenvalue weighted by Gasteiger charge is -2.18. The molecule has 1 aromatic rings. The Labute approximate surface area is 186 Å². The van der Waals surface area contributed by atoms with Gasteiger partial charge in [0.25, 0.3) is 0 Å². The second-order valence-corrected chi connectivity index (χ2v) is 7.19. The normalized spacial score (nSPS) is 11.6. The van der Waals surface area contributed by atoms with Crippen LogP contribution in [0.15, 0.2) is 23.2 Å². The van der Waals surface area contributed by atoms with Gasteiger partial charge in [0.2, 0.25) is 5.91 Å². The third-order valence-electron chi connectivity index (χ3n) is 3.37. The molecule has 0 heterocycles. The number of amides is 1. The molecule has 0 saturated heterocycles. The summed E-state index contributed by atoms with van der Waals surface area (Å²) in [6, 6.07) is 4.41. The molecule has 10 heteroatoms. The van der Waals surface area contributed by atoms with Crippen molar-refractivity contribution in [1.29, 1.82) is 0 Å². The van der Waals surface area contributed by atoms with Gasteiger partial charge in [0, 0.05) is 35.6 Å². The van der Waals surface area contributed by atoms with E-state index in [9.17, 15) is 13.6 Å². The van der Waals surface area contributed by atoms with Crippen LogP contribution in [0.5, 0.6) is 5.75 Å². The Kier molecular flexibility index (Phi) is 12.3. The Morgan fingerprint density at radius 3 is 2.43 bits per heavy atom. The Morgan fingerprint density at radius 2 is 1.86 bits per heavy atom. The first kappa shape index (κ1) is 26.6. The maximum Gasteiger partial charge on any atom is 0.387 e. The number of alkyl halides is 2. The lowest BCUT2D eigenvalue weighted by molar-refractivity contribution is -0.128. The van der Waals surface area contributed by atoms with Crippen LogP contribution in [-0.2, 0) is 11.3 Å². The van der Waals surface area contributed by atoms with Gasteiger partial charge in [-0.05, 0) is 25.1 Å². The number of halogens is 4. The zero-order valence-corrected chi connectivity index (χ0v) is 19.5. The molecule has 0 fully saturated rings. The number of rotatable bonds is 8. The van der Waals surface area contributed by atoms with Crippen molar-refractivity contribution in [2.24, 2.45) is 10.4 Å². The van der Waals surface area contributed by atoms with Crippen LogP contribution in [0.3, 0.4) is 0 Å². The van der Waals surface area contributed by atoms with Gasteiger partial charge in [-0.1, -0.05) is 32.4 Å². The predicted molar refractivity (Wildman–Crippen MR) is 119 cm³/mol. The van der Waals surface area contributed by atoms with Gasteiger partial charge in [-0.2, -0.15) is 8.78 Å². The summed E-state index contributed by atoms with van der Waals surface area (Å²) in [5.74, 6) is 0.482. The van der Waals surface area contributed by atoms with Crippen LogP contribution in [0, 0.1) is 5.41 Å². The van der Waals surface area contributed by atoms with E-state index in [0.717, 1.165) is 0 Å². The first-order chi connectivity index (χ1) is 12.6. The SMILES string of the molecule is CCNC(=NCc1cc(Cl)ccc1OC(F)F)NCCNC(=O)C(C)(C)C.I.